The van der Waals surface area contributed by atoms with Gasteiger partial charge in [0.25, 0.3) is 5.91 Å². The quantitative estimate of drug-likeness (QED) is 0.837. The summed E-state index contributed by atoms with van der Waals surface area (Å²) in [6.07, 6.45) is 3.75. The fourth-order valence-electron chi connectivity index (χ4n) is 2.14. The lowest BCUT2D eigenvalue weighted by Gasteiger charge is -2.32. The Morgan fingerprint density at radius 1 is 1.65 bits per heavy atom. The lowest BCUT2D eigenvalue weighted by Crippen LogP contribution is -2.44. The number of thiophene rings is 1. The number of carbonyl (C=O) groups is 1. The zero-order chi connectivity index (χ0) is 12.3. The molecule has 1 fully saturated rings. The van der Waals surface area contributed by atoms with E-state index in [0.29, 0.717) is 6.04 Å². The second-order valence-electron chi connectivity index (χ2n) is 4.48. The van der Waals surface area contributed by atoms with Crippen molar-refractivity contribution in [1.82, 2.24) is 10.2 Å². The Kier molecular flexibility index (Phi) is 4.81. The number of carbonyl (C=O) groups excluding carboxylic acids is 1. The average Bonchev–Trinajstić information content (AvgIpc) is 2.74. The van der Waals surface area contributed by atoms with Crippen LogP contribution < -0.4 is 5.32 Å². The van der Waals surface area contributed by atoms with E-state index in [0.717, 1.165) is 21.5 Å². The standard InChI is InChI=1S/C12H17IN2OS/c1-15-5-3-2-4-10(15)7-14-12(16)9-6-11(13)17-8-9/h6,8,10H,2-5,7H2,1H3,(H,14,16). The summed E-state index contributed by atoms with van der Waals surface area (Å²) >= 11 is 3.85. The molecule has 1 amide bonds. The van der Waals surface area contributed by atoms with Crippen molar-refractivity contribution in [2.45, 2.75) is 25.3 Å². The second-order valence-corrected chi connectivity index (χ2v) is 7.29. The minimum atomic E-state index is 0.0585. The van der Waals surface area contributed by atoms with Gasteiger partial charge in [0, 0.05) is 18.0 Å². The van der Waals surface area contributed by atoms with Crippen LogP contribution in [0.3, 0.4) is 0 Å². The van der Waals surface area contributed by atoms with Crippen LogP contribution in [-0.4, -0.2) is 37.0 Å². The molecule has 17 heavy (non-hydrogen) atoms. The maximum Gasteiger partial charge on any atom is 0.252 e. The lowest BCUT2D eigenvalue weighted by atomic mass is 10.0. The first-order chi connectivity index (χ1) is 8.16. The molecule has 0 bridgehead atoms. The van der Waals surface area contributed by atoms with Crippen LogP contribution >= 0.6 is 33.9 Å². The van der Waals surface area contributed by atoms with Crippen molar-refractivity contribution in [3.8, 4) is 0 Å². The molecule has 1 aliphatic heterocycles. The first-order valence-electron chi connectivity index (χ1n) is 5.89. The smallest absolute Gasteiger partial charge is 0.252 e. The fraction of sp³-hybridized carbons (Fsp3) is 0.583. The monoisotopic (exact) mass is 364 g/mol. The van der Waals surface area contributed by atoms with Crippen molar-refractivity contribution in [2.24, 2.45) is 0 Å². The molecule has 3 nitrogen and oxygen atoms in total. The van der Waals surface area contributed by atoms with E-state index in [9.17, 15) is 4.79 Å². The minimum absolute atomic E-state index is 0.0585. The number of rotatable bonds is 3. The van der Waals surface area contributed by atoms with Crippen molar-refractivity contribution in [3.63, 3.8) is 0 Å². The molecule has 0 saturated carbocycles. The molecule has 1 saturated heterocycles. The normalized spacial score (nSPS) is 21.4. The Hall–Kier alpha value is -0.140. The van der Waals surface area contributed by atoms with Gasteiger partial charge in [0.15, 0.2) is 0 Å². The summed E-state index contributed by atoms with van der Waals surface area (Å²) in [6, 6.07) is 2.44. The molecule has 0 radical (unpaired) electrons. The summed E-state index contributed by atoms with van der Waals surface area (Å²) in [7, 11) is 2.14. The van der Waals surface area contributed by atoms with Gasteiger partial charge in [-0.3, -0.25) is 4.79 Å². The van der Waals surface area contributed by atoms with Crippen LogP contribution in [0.5, 0.6) is 0 Å². The lowest BCUT2D eigenvalue weighted by molar-refractivity contribution is 0.0929. The first-order valence-corrected chi connectivity index (χ1v) is 7.85. The second kappa shape index (κ2) is 6.15. The van der Waals surface area contributed by atoms with Gasteiger partial charge in [-0.2, -0.15) is 0 Å². The number of amides is 1. The molecule has 0 aliphatic carbocycles. The summed E-state index contributed by atoms with van der Waals surface area (Å²) in [4.78, 5) is 14.2. The first kappa shape index (κ1) is 13.3. The highest BCUT2D eigenvalue weighted by atomic mass is 127. The number of likely N-dealkylation sites (tertiary alicyclic amines) is 1. The van der Waals surface area contributed by atoms with Gasteiger partial charge in [-0.15, -0.1) is 11.3 Å². The largest absolute Gasteiger partial charge is 0.350 e. The highest BCUT2D eigenvalue weighted by Crippen LogP contribution is 2.17. The highest BCUT2D eigenvalue weighted by molar-refractivity contribution is 14.1. The zero-order valence-electron chi connectivity index (χ0n) is 9.91. The predicted octanol–water partition coefficient (Wildman–Crippen LogP) is 2.57. The molecule has 2 heterocycles. The van der Waals surface area contributed by atoms with Gasteiger partial charge in [-0.25, -0.2) is 0 Å². The molecule has 0 aromatic carbocycles. The van der Waals surface area contributed by atoms with Gasteiger partial charge in [0.1, 0.15) is 0 Å². The van der Waals surface area contributed by atoms with E-state index in [2.05, 4.69) is 39.9 Å². The number of nitrogens with one attached hydrogen (secondary N) is 1. The summed E-state index contributed by atoms with van der Waals surface area (Å²) in [5, 5.41) is 4.95. The maximum atomic E-state index is 11.9. The fourth-order valence-corrected chi connectivity index (χ4v) is 3.47. The molecule has 1 atom stereocenters. The molecule has 0 spiro atoms. The molecular weight excluding hydrogens is 347 g/mol. The van der Waals surface area contributed by atoms with Crippen LogP contribution in [0.2, 0.25) is 0 Å². The maximum absolute atomic E-state index is 11.9. The van der Waals surface area contributed by atoms with Crippen molar-refractivity contribution < 1.29 is 4.79 Å². The third-order valence-electron chi connectivity index (χ3n) is 3.25. The predicted molar refractivity (Wildman–Crippen MR) is 79.6 cm³/mol. The summed E-state index contributed by atoms with van der Waals surface area (Å²) in [5.41, 5.74) is 0.790. The van der Waals surface area contributed by atoms with Crippen LogP contribution in [0.15, 0.2) is 11.4 Å². The van der Waals surface area contributed by atoms with Crippen LogP contribution in [0, 0.1) is 2.88 Å². The summed E-state index contributed by atoms with van der Waals surface area (Å²) < 4.78 is 1.16. The van der Waals surface area contributed by atoms with E-state index in [1.54, 1.807) is 11.3 Å². The van der Waals surface area contributed by atoms with Crippen molar-refractivity contribution >= 4 is 39.8 Å². The molecule has 94 valence electrons. The van der Waals surface area contributed by atoms with Gasteiger partial charge in [0.05, 0.1) is 8.45 Å². The molecule has 1 unspecified atom stereocenters. The molecule has 1 aromatic rings. The van der Waals surface area contributed by atoms with E-state index in [1.807, 2.05) is 11.4 Å². The third-order valence-corrected chi connectivity index (χ3v) is 5.04. The van der Waals surface area contributed by atoms with E-state index in [4.69, 9.17) is 0 Å². The number of halogens is 1. The molecule has 5 heteroatoms. The number of hydrogen-bond acceptors (Lipinski definition) is 3. The van der Waals surface area contributed by atoms with Crippen molar-refractivity contribution in [2.75, 3.05) is 20.1 Å². The Labute approximate surface area is 120 Å². The van der Waals surface area contributed by atoms with Gasteiger partial charge in [-0.05, 0) is 55.1 Å². The van der Waals surface area contributed by atoms with Gasteiger partial charge in [0.2, 0.25) is 0 Å². The Morgan fingerprint density at radius 2 is 2.47 bits per heavy atom. The average molecular weight is 364 g/mol. The van der Waals surface area contributed by atoms with Crippen molar-refractivity contribution in [1.29, 1.82) is 0 Å². The van der Waals surface area contributed by atoms with Crippen LogP contribution in [0.25, 0.3) is 0 Å². The minimum Gasteiger partial charge on any atom is -0.350 e. The number of likely N-dealkylation sites (N-methyl/N-ethyl adjacent to an activating group) is 1. The number of nitrogens with zero attached hydrogens (tertiary/aromatic N) is 1. The molecule has 1 aromatic heterocycles. The SMILES string of the molecule is CN1CCCCC1CNC(=O)c1csc(I)c1. The Balaban J connectivity index is 1.83. The number of piperidine rings is 1. The van der Waals surface area contributed by atoms with Crippen molar-refractivity contribution in [3.05, 3.63) is 19.9 Å². The summed E-state index contributed by atoms with van der Waals surface area (Å²) in [6.45, 7) is 1.92. The van der Waals surface area contributed by atoms with Crippen LogP contribution in [0.4, 0.5) is 0 Å². The third kappa shape index (κ3) is 3.66. The van der Waals surface area contributed by atoms with E-state index < -0.39 is 0 Å². The Morgan fingerprint density at radius 3 is 3.12 bits per heavy atom. The highest BCUT2D eigenvalue weighted by Gasteiger charge is 2.19. The Bertz CT molecular complexity index is 394. The van der Waals surface area contributed by atoms with Gasteiger partial charge in [-0.1, -0.05) is 6.42 Å². The van der Waals surface area contributed by atoms with Gasteiger partial charge < -0.3 is 10.2 Å². The molecule has 2 rings (SSSR count). The van der Waals surface area contributed by atoms with E-state index in [-0.39, 0.29) is 5.91 Å². The van der Waals surface area contributed by atoms with Crippen LogP contribution in [-0.2, 0) is 0 Å². The topological polar surface area (TPSA) is 32.3 Å². The molecule has 1 N–H and O–H groups in total. The van der Waals surface area contributed by atoms with E-state index in [1.165, 1.54) is 19.3 Å². The van der Waals surface area contributed by atoms with Crippen LogP contribution in [0.1, 0.15) is 29.6 Å². The molecule has 1 aliphatic rings. The van der Waals surface area contributed by atoms with Gasteiger partial charge >= 0.3 is 0 Å². The number of hydrogen-bond donors (Lipinski definition) is 1. The summed E-state index contributed by atoms with van der Waals surface area (Å²) in [5.74, 6) is 0.0585. The zero-order valence-corrected chi connectivity index (χ0v) is 12.9. The molecular formula is C12H17IN2OS. The van der Waals surface area contributed by atoms with E-state index >= 15 is 0 Å².